The summed E-state index contributed by atoms with van der Waals surface area (Å²) in [6, 6.07) is 5.24. The van der Waals surface area contributed by atoms with Crippen molar-refractivity contribution in [3.63, 3.8) is 0 Å². The van der Waals surface area contributed by atoms with Gasteiger partial charge < -0.3 is 20.6 Å². The highest BCUT2D eigenvalue weighted by Gasteiger charge is 2.20. The molecule has 0 radical (unpaired) electrons. The summed E-state index contributed by atoms with van der Waals surface area (Å²) >= 11 is 0. The monoisotopic (exact) mass is 418 g/mol. The molecule has 30 heavy (non-hydrogen) atoms. The zero-order valence-electron chi connectivity index (χ0n) is 18.1. The van der Waals surface area contributed by atoms with E-state index in [4.69, 9.17) is 10.5 Å². The Bertz CT molecular complexity index is 887. The van der Waals surface area contributed by atoms with Crippen LogP contribution in [-0.4, -0.2) is 48.1 Å². The van der Waals surface area contributed by atoms with E-state index in [0.717, 1.165) is 62.7 Å². The average molecular weight is 419 g/mol. The fraction of sp³-hybridized carbons (Fsp3) is 0.591. The molecular formula is C22H34N4O4. The van der Waals surface area contributed by atoms with Crippen molar-refractivity contribution < 1.29 is 14.3 Å². The van der Waals surface area contributed by atoms with Crippen LogP contribution >= 0.6 is 0 Å². The zero-order chi connectivity index (χ0) is 21.9. The molecule has 0 aliphatic heterocycles. The molecule has 1 amide bonds. The van der Waals surface area contributed by atoms with Gasteiger partial charge in [-0.25, -0.2) is 4.79 Å². The van der Waals surface area contributed by atoms with Crippen molar-refractivity contribution >= 4 is 23.2 Å². The number of hydrogen-bond donors (Lipinski definition) is 2. The molecule has 8 heteroatoms. The number of imidazole rings is 1. The Kier molecular flexibility index (Phi) is 9.76. The minimum absolute atomic E-state index is 0.152. The van der Waals surface area contributed by atoms with Gasteiger partial charge >= 0.3 is 5.69 Å². The summed E-state index contributed by atoms with van der Waals surface area (Å²) in [5.41, 5.74) is 7.86. The molecule has 0 aliphatic rings. The number of aromatic nitrogens is 2. The number of nitrogens with two attached hydrogens (primary N) is 1. The molecule has 0 fully saturated rings. The van der Waals surface area contributed by atoms with E-state index in [1.54, 1.807) is 18.7 Å². The van der Waals surface area contributed by atoms with Crippen LogP contribution in [0.2, 0.25) is 0 Å². The molecule has 1 aromatic heterocycles. The number of ether oxygens (including phenoxy) is 1. The molecule has 1 atom stereocenters. The molecule has 0 saturated carbocycles. The van der Waals surface area contributed by atoms with Crippen molar-refractivity contribution in [2.45, 2.75) is 51.0 Å². The third-order valence-electron chi connectivity index (χ3n) is 5.34. The van der Waals surface area contributed by atoms with Gasteiger partial charge in [-0.15, -0.1) is 0 Å². The minimum Gasteiger partial charge on any atom is -0.381 e. The van der Waals surface area contributed by atoms with E-state index in [1.807, 2.05) is 18.2 Å². The van der Waals surface area contributed by atoms with Crippen LogP contribution in [-0.2, 0) is 27.8 Å². The third kappa shape index (κ3) is 6.27. The highest BCUT2D eigenvalue weighted by molar-refractivity contribution is 5.79. The molecule has 2 aromatic rings. The molecule has 1 aromatic carbocycles. The summed E-state index contributed by atoms with van der Waals surface area (Å²) in [5.74, 6) is -0.152. The zero-order valence-corrected chi connectivity index (χ0v) is 18.1. The lowest BCUT2D eigenvalue weighted by Gasteiger charge is -2.12. The van der Waals surface area contributed by atoms with Crippen LogP contribution in [0.25, 0.3) is 11.0 Å². The number of nitrogens with one attached hydrogen (secondary N) is 1. The smallest absolute Gasteiger partial charge is 0.329 e. The van der Waals surface area contributed by atoms with Gasteiger partial charge in [0.15, 0.2) is 0 Å². The molecule has 3 N–H and O–H groups in total. The van der Waals surface area contributed by atoms with Crippen molar-refractivity contribution in [1.29, 1.82) is 0 Å². The molecular weight excluding hydrogens is 384 g/mol. The Hall–Kier alpha value is -2.45. The lowest BCUT2D eigenvalue weighted by molar-refractivity contribution is -0.121. The molecule has 0 aliphatic carbocycles. The molecule has 166 valence electrons. The Balaban J connectivity index is 2.03. The predicted molar refractivity (Wildman–Crippen MR) is 118 cm³/mol. The van der Waals surface area contributed by atoms with E-state index in [2.05, 4.69) is 5.32 Å². The molecule has 0 spiro atoms. The lowest BCUT2D eigenvalue weighted by Crippen LogP contribution is -2.28. The summed E-state index contributed by atoms with van der Waals surface area (Å²) in [7, 11) is 3.26. The number of rotatable bonds is 14. The first-order chi connectivity index (χ1) is 14.5. The molecule has 0 bridgehead atoms. The van der Waals surface area contributed by atoms with Crippen LogP contribution in [0.4, 0.5) is 0 Å². The number of hydrogen-bond acceptors (Lipinski definition) is 5. The van der Waals surface area contributed by atoms with Gasteiger partial charge in [-0.3, -0.25) is 13.9 Å². The van der Waals surface area contributed by atoms with Gasteiger partial charge in [0.2, 0.25) is 5.91 Å². The van der Waals surface area contributed by atoms with Crippen LogP contribution in [0.3, 0.4) is 0 Å². The van der Waals surface area contributed by atoms with E-state index in [1.165, 1.54) is 4.57 Å². The number of benzene rings is 1. The highest BCUT2D eigenvalue weighted by atomic mass is 16.5. The van der Waals surface area contributed by atoms with E-state index >= 15 is 0 Å². The van der Waals surface area contributed by atoms with Crippen LogP contribution in [0.1, 0.15) is 50.1 Å². The van der Waals surface area contributed by atoms with Crippen molar-refractivity contribution in [1.82, 2.24) is 14.5 Å². The Morgan fingerprint density at radius 3 is 2.60 bits per heavy atom. The number of amides is 1. The van der Waals surface area contributed by atoms with Crippen molar-refractivity contribution in [2.24, 2.45) is 12.8 Å². The van der Waals surface area contributed by atoms with Crippen molar-refractivity contribution in [2.75, 3.05) is 26.8 Å². The first-order valence-electron chi connectivity index (χ1n) is 10.7. The third-order valence-corrected chi connectivity index (χ3v) is 5.34. The maximum absolute atomic E-state index is 12.8. The fourth-order valence-corrected chi connectivity index (χ4v) is 3.53. The summed E-state index contributed by atoms with van der Waals surface area (Å²) in [5, 5.41) is 2.54. The summed E-state index contributed by atoms with van der Waals surface area (Å²) < 4.78 is 8.66. The van der Waals surface area contributed by atoms with Crippen LogP contribution in [0, 0.1) is 0 Å². The predicted octanol–water partition coefficient (Wildman–Crippen LogP) is 1.68. The number of nitrogens with zero attached hydrogens (tertiary/aromatic N) is 2. The van der Waals surface area contributed by atoms with E-state index in [0.29, 0.717) is 12.1 Å². The van der Waals surface area contributed by atoms with E-state index in [-0.39, 0.29) is 24.4 Å². The van der Waals surface area contributed by atoms with Gasteiger partial charge in [0.1, 0.15) is 6.29 Å². The molecule has 1 heterocycles. The first kappa shape index (κ1) is 23.8. The van der Waals surface area contributed by atoms with Gasteiger partial charge in [-0.1, -0.05) is 6.07 Å². The second-order valence-corrected chi connectivity index (χ2v) is 7.52. The fourth-order valence-electron chi connectivity index (χ4n) is 3.53. The number of carbonyl (C=O) groups is 2. The molecule has 0 saturated heterocycles. The number of aldehydes is 1. The SMILES string of the molecule is CNC(=O)CCC(C=O)n1c(=O)n(C)c2cc(CCCCOCCCCN)ccc21. The number of carbonyl (C=O) groups excluding carboxylic acids is 2. The molecule has 2 rings (SSSR count). The Morgan fingerprint density at radius 1 is 1.20 bits per heavy atom. The lowest BCUT2D eigenvalue weighted by atomic mass is 10.1. The second-order valence-electron chi connectivity index (χ2n) is 7.52. The topological polar surface area (TPSA) is 108 Å². The minimum atomic E-state index is -0.666. The van der Waals surface area contributed by atoms with E-state index in [9.17, 15) is 14.4 Å². The van der Waals surface area contributed by atoms with Crippen molar-refractivity contribution in [3.05, 3.63) is 34.2 Å². The summed E-state index contributed by atoms with van der Waals surface area (Å²) in [6.45, 7) is 2.21. The maximum atomic E-state index is 12.8. The van der Waals surface area contributed by atoms with Gasteiger partial charge in [-0.2, -0.15) is 0 Å². The average Bonchev–Trinajstić information content (AvgIpc) is 3.00. The largest absolute Gasteiger partial charge is 0.381 e. The number of aryl methyl sites for hydroxylation is 2. The number of fused-ring (bicyclic) bond motifs is 1. The standard InChI is InChI=1S/C22H34N4O4/c1-24-21(28)11-9-18(16-27)26-19-10-8-17(15-20(19)25(2)22(26)29)7-3-5-13-30-14-6-4-12-23/h8,10,15-16,18H,3-7,9,11-14,23H2,1-2H3,(H,24,28). The molecule has 8 nitrogen and oxygen atoms in total. The van der Waals surface area contributed by atoms with Gasteiger partial charge in [0, 0.05) is 33.7 Å². The highest BCUT2D eigenvalue weighted by Crippen LogP contribution is 2.21. The van der Waals surface area contributed by atoms with Crippen LogP contribution < -0.4 is 16.7 Å². The van der Waals surface area contributed by atoms with Crippen LogP contribution in [0.5, 0.6) is 0 Å². The quantitative estimate of drug-likeness (QED) is 0.358. The summed E-state index contributed by atoms with van der Waals surface area (Å²) in [6.07, 6.45) is 6.09. The Labute approximate surface area is 177 Å². The maximum Gasteiger partial charge on any atom is 0.329 e. The first-order valence-corrected chi connectivity index (χ1v) is 10.7. The van der Waals surface area contributed by atoms with Gasteiger partial charge in [-0.05, 0) is 62.8 Å². The molecule has 1 unspecified atom stereocenters. The number of unbranched alkanes of at least 4 members (excludes halogenated alkanes) is 2. The van der Waals surface area contributed by atoms with Gasteiger partial charge in [0.25, 0.3) is 0 Å². The second kappa shape index (κ2) is 12.3. The van der Waals surface area contributed by atoms with Crippen molar-refractivity contribution in [3.8, 4) is 0 Å². The summed E-state index contributed by atoms with van der Waals surface area (Å²) in [4.78, 5) is 35.9. The Morgan fingerprint density at radius 2 is 1.93 bits per heavy atom. The van der Waals surface area contributed by atoms with E-state index < -0.39 is 6.04 Å². The van der Waals surface area contributed by atoms with Gasteiger partial charge in [0.05, 0.1) is 17.1 Å². The normalized spacial score (nSPS) is 12.2. The van der Waals surface area contributed by atoms with Crippen LogP contribution in [0.15, 0.2) is 23.0 Å².